The Morgan fingerprint density at radius 2 is 2.25 bits per heavy atom. The number of nitrogens with one attached hydrogen (secondary N) is 1. The van der Waals surface area contributed by atoms with E-state index in [0.29, 0.717) is 13.0 Å². The molecule has 1 saturated carbocycles. The molecule has 1 aliphatic rings. The maximum Gasteiger partial charge on any atom is 0.157 e. The molecule has 4 heteroatoms. The van der Waals surface area contributed by atoms with Crippen molar-refractivity contribution in [1.82, 2.24) is 5.32 Å². The summed E-state index contributed by atoms with van der Waals surface area (Å²) in [6.07, 6.45) is 2.30. The normalized spacial score (nSPS) is 29.8. The van der Waals surface area contributed by atoms with Gasteiger partial charge in [0.05, 0.1) is 11.2 Å². The molecule has 1 aliphatic carbocycles. The van der Waals surface area contributed by atoms with Crippen LogP contribution in [0.25, 0.3) is 0 Å². The number of rotatable bonds is 3. The molecule has 1 N–H and O–H groups in total. The fraction of sp³-hybridized carbons (Fsp3) is 0.750. The molecule has 12 heavy (non-hydrogen) atoms. The largest absolute Gasteiger partial charge is 0.319 e. The van der Waals surface area contributed by atoms with Crippen molar-refractivity contribution in [2.24, 2.45) is 5.92 Å². The summed E-state index contributed by atoms with van der Waals surface area (Å²) in [6.45, 7) is 0.495. The zero-order valence-electron chi connectivity index (χ0n) is 7.29. The Hall–Kier alpha value is -0.350. The van der Waals surface area contributed by atoms with E-state index in [1.54, 1.807) is 7.05 Å². The minimum atomic E-state index is -0.382. The molecular formula is C8H13NO2S. The molecular weight excluding hydrogens is 174 g/mol. The summed E-state index contributed by atoms with van der Waals surface area (Å²) in [5.41, 5.74) is 0. The predicted octanol–water partition coefficient (Wildman–Crippen LogP) is 0.0955. The van der Waals surface area contributed by atoms with E-state index in [4.69, 9.17) is 0 Å². The number of hydrogen-bond donors (Lipinski definition) is 1. The van der Waals surface area contributed by atoms with Crippen LogP contribution in [0.3, 0.4) is 0 Å². The molecule has 3 nitrogen and oxygen atoms in total. The lowest BCUT2D eigenvalue weighted by Crippen LogP contribution is -2.28. The SMILES string of the molecule is CNCC1C(=O)CC(SC)C1=O. The highest BCUT2D eigenvalue weighted by molar-refractivity contribution is 8.00. The molecule has 0 spiro atoms. The molecule has 1 fully saturated rings. The van der Waals surface area contributed by atoms with Gasteiger partial charge in [-0.1, -0.05) is 0 Å². The molecule has 2 atom stereocenters. The van der Waals surface area contributed by atoms with E-state index in [-0.39, 0.29) is 22.7 Å². The molecule has 0 aliphatic heterocycles. The Morgan fingerprint density at radius 3 is 2.67 bits per heavy atom. The van der Waals surface area contributed by atoms with Gasteiger partial charge in [-0.05, 0) is 13.3 Å². The third-order valence-electron chi connectivity index (χ3n) is 2.13. The van der Waals surface area contributed by atoms with E-state index >= 15 is 0 Å². The highest BCUT2D eigenvalue weighted by atomic mass is 32.2. The molecule has 0 aromatic heterocycles. The quantitative estimate of drug-likeness (QED) is 0.636. The van der Waals surface area contributed by atoms with Crippen molar-refractivity contribution >= 4 is 23.3 Å². The van der Waals surface area contributed by atoms with E-state index in [9.17, 15) is 9.59 Å². The number of carbonyl (C=O) groups is 2. The predicted molar refractivity (Wildman–Crippen MR) is 49.4 cm³/mol. The molecule has 68 valence electrons. The summed E-state index contributed by atoms with van der Waals surface area (Å²) in [5.74, 6) is -0.192. The van der Waals surface area contributed by atoms with Crippen LogP contribution in [0.1, 0.15) is 6.42 Å². The molecule has 0 saturated heterocycles. The lowest BCUT2D eigenvalue weighted by atomic mass is 10.1. The van der Waals surface area contributed by atoms with Crippen LogP contribution in [0.15, 0.2) is 0 Å². The first kappa shape index (κ1) is 9.74. The standard InChI is InChI=1S/C8H13NO2S/c1-9-4-5-6(10)3-7(12-2)8(5)11/h5,7,9H,3-4H2,1-2H3. The summed E-state index contributed by atoms with van der Waals surface area (Å²) in [7, 11) is 1.76. The van der Waals surface area contributed by atoms with Gasteiger partial charge in [-0.3, -0.25) is 9.59 Å². The van der Waals surface area contributed by atoms with Crippen LogP contribution in [0.2, 0.25) is 0 Å². The third-order valence-corrected chi connectivity index (χ3v) is 3.10. The number of ketones is 2. The number of thioether (sulfide) groups is 1. The molecule has 1 rings (SSSR count). The average molecular weight is 187 g/mol. The van der Waals surface area contributed by atoms with Gasteiger partial charge < -0.3 is 5.32 Å². The Kier molecular flexibility index (Phi) is 3.29. The Bertz CT molecular complexity index is 205. The Balaban J connectivity index is 2.64. The number of Topliss-reactive ketones (excluding diaryl/α,β-unsaturated/α-hetero) is 2. The summed E-state index contributed by atoms with van der Waals surface area (Å²) < 4.78 is 0. The van der Waals surface area contributed by atoms with E-state index < -0.39 is 0 Å². The van der Waals surface area contributed by atoms with Gasteiger partial charge in [0.1, 0.15) is 5.78 Å². The average Bonchev–Trinajstić information content (AvgIpc) is 2.32. The highest BCUT2D eigenvalue weighted by Gasteiger charge is 2.39. The van der Waals surface area contributed by atoms with E-state index in [1.807, 2.05) is 6.26 Å². The zero-order valence-corrected chi connectivity index (χ0v) is 8.11. The number of carbonyl (C=O) groups excluding carboxylic acids is 2. The van der Waals surface area contributed by atoms with E-state index in [2.05, 4.69) is 5.32 Å². The van der Waals surface area contributed by atoms with Gasteiger partial charge in [-0.25, -0.2) is 0 Å². The van der Waals surface area contributed by atoms with Crippen molar-refractivity contribution in [2.75, 3.05) is 19.8 Å². The molecule has 0 heterocycles. The second kappa shape index (κ2) is 4.05. The second-order valence-electron chi connectivity index (χ2n) is 2.91. The fourth-order valence-electron chi connectivity index (χ4n) is 1.43. The van der Waals surface area contributed by atoms with Gasteiger partial charge in [0, 0.05) is 13.0 Å². The molecule has 0 radical (unpaired) electrons. The molecule has 2 unspecified atom stereocenters. The van der Waals surface area contributed by atoms with Crippen LogP contribution in [0.5, 0.6) is 0 Å². The smallest absolute Gasteiger partial charge is 0.157 e. The first-order chi connectivity index (χ1) is 5.70. The van der Waals surface area contributed by atoms with Crippen LogP contribution >= 0.6 is 11.8 Å². The minimum Gasteiger partial charge on any atom is -0.319 e. The summed E-state index contributed by atoms with van der Waals surface area (Å²) >= 11 is 1.48. The monoisotopic (exact) mass is 187 g/mol. The van der Waals surface area contributed by atoms with Gasteiger partial charge in [-0.2, -0.15) is 11.8 Å². The second-order valence-corrected chi connectivity index (χ2v) is 3.95. The van der Waals surface area contributed by atoms with Crippen molar-refractivity contribution in [1.29, 1.82) is 0 Å². The first-order valence-electron chi connectivity index (χ1n) is 3.94. The van der Waals surface area contributed by atoms with Gasteiger partial charge in [-0.15, -0.1) is 0 Å². The van der Waals surface area contributed by atoms with Crippen molar-refractivity contribution in [3.8, 4) is 0 Å². The van der Waals surface area contributed by atoms with Crippen LogP contribution in [-0.2, 0) is 9.59 Å². The van der Waals surface area contributed by atoms with Gasteiger partial charge in [0.15, 0.2) is 5.78 Å². The Labute approximate surface area is 76.3 Å². The molecule has 0 bridgehead atoms. The van der Waals surface area contributed by atoms with Crippen molar-refractivity contribution in [3.05, 3.63) is 0 Å². The van der Waals surface area contributed by atoms with Gasteiger partial charge in [0.25, 0.3) is 0 Å². The van der Waals surface area contributed by atoms with Crippen LogP contribution in [-0.4, -0.2) is 36.7 Å². The summed E-state index contributed by atoms with van der Waals surface area (Å²) in [4.78, 5) is 22.7. The van der Waals surface area contributed by atoms with Gasteiger partial charge in [0.2, 0.25) is 0 Å². The maximum atomic E-state index is 11.5. The summed E-state index contributed by atoms with van der Waals surface area (Å²) in [6, 6.07) is 0. The van der Waals surface area contributed by atoms with Crippen molar-refractivity contribution in [3.63, 3.8) is 0 Å². The lowest BCUT2D eigenvalue weighted by Gasteiger charge is -2.05. The van der Waals surface area contributed by atoms with Gasteiger partial charge >= 0.3 is 0 Å². The zero-order chi connectivity index (χ0) is 9.14. The Morgan fingerprint density at radius 1 is 1.58 bits per heavy atom. The third kappa shape index (κ3) is 1.69. The van der Waals surface area contributed by atoms with Crippen LogP contribution < -0.4 is 5.32 Å². The summed E-state index contributed by atoms with van der Waals surface area (Å²) in [5, 5.41) is 2.78. The molecule has 0 aromatic rings. The van der Waals surface area contributed by atoms with E-state index in [1.165, 1.54) is 11.8 Å². The molecule has 0 aromatic carbocycles. The van der Waals surface area contributed by atoms with Crippen molar-refractivity contribution < 1.29 is 9.59 Å². The van der Waals surface area contributed by atoms with E-state index in [0.717, 1.165) is 0 Å². The topological polar surface area (TPSA) is 46.2 Å². The fourth-order valence-corrected chi connectivity index (χ4v) is 2.15. The maximum absolute atomic E-state index is 11.5. The van der Waals surface area contributed by atoms with Crippen LogP contribution in [0.4, 0.5) is 0 Å². The lowest BCUT2D eigenvalue weighted by molar-refractivity contribution is -0.126. The first-order valence-corrected chi connectivity index (χ1v) is 5.23. The molecule has 0 amide bonds. The van der Waals surface area contributed by atoms with Crippen LogP contribution in [0, 0.1) is 5.92 Å². The van der Waals surface area contributed by atoms with Crippen molar-refractivity contribution in [2.45, 2.75) is 11.7 Å². The number of hydrogen-bond acceptors (Lipinski definition) is 4. The highest BCUT2D eigenvalue weighted by Crippen LogP contribution is 2.26. The minimum absolute atomic E-state index is 0.0872.